The molecule has 0 saturated carbocycles. The molecule has 0 fully saturated rings. The lowest BCUT2D eigenvalue weighted by Gasteiger charge is -2.14. The van der Waals surface area contributed by atoms with Crippen LogP contribution in [0.25, 0.3) is 0 Å². The Labute approximate surface area is 340 Å². The van der Waals surface area contributed by atoms with Crippen LogP contribution in [-0.2, 0) is 26.6 Å². The van der Waals surface area contributed by atoms with Crippen LogP contribution >= 0.6 is 0 Å². The maximum absolute atomic E-state index is 4.23. The third-order valence-electron chi connectivity index (χ3n) is 6.17. The maximum atomic E-state index is 4.23. The van der Waals surface area contributed by atoms with Gasteiger partial charge in [-0.1, -0.05) is 152 Å². The molecule has 0 N–H and O–H groups in total. The van der Waals surface area contributed by atoms with Crippen LogP contribution in [0.2, 0.25) is 0 Å². The molecule has 0 spiro atoms. The van der Waals surface area contributed by atoms with Crippen LogP contribution in [0.15, 0.2) is 61.4 Å². The van der Waals surface area contributed by atoms with E-state index >= 15 is 0 Å². The van der Waals surface area contributed by atoms with Crippen molar-refractivity contribution in [1.82, 2.24) is 59.9 Å². The fraction of sp³-hybridized carbons (Fsp3) is 0.651. The lowest BCUT2D eigenvalue weighted by Crippen LogP contribution is -2.14. The van der Waals surface area contributed by atoms with E-state index in [2.05, 4.69) is 114 Å². The van der Waals surface area contributed by atoms with Gasteiger partial charge >= 0.3 is 0 Å². The van der Waals surface area contributed by atoms with Gasteiger partial charge in [-0.15, -0.1) is 15.3 Å². The summed E-state index contributed by atoms with van der Waals surface area (Å²) in [6.45, 7) is 31.2. The van der Waals surface area contributed by atoms with E-state index in [0.717, 1.165) is 23.0 Å². The molecule has 0 saturated heterocycles. The molecule has 0 aliphatic rings. The molecule has 5 aromatic heterocycles. The van der Waals surface area contributed by atoms with Gasteiger partial charge in [-0.25, -0.2) is 9.97 Å². The monoisotopic (exact) mass is 773 g/mol. The van der Waals surface area contributed by atoms with Crippen LogP contribution in [0.1, 0.15) is 193 Å². The van der Waals surface area contributed by atoms with Crippen LogP contribution in [-0.4, -0.2) is 59.9 Å². The van der Waals surface area contributed by atoms with E-state index in [9.17, 15) is 0 Å². The molecule has 12 nitrogen and oxygen atoms in total. The van der Waals surface area contributed by atoms with Gasteiger partial charge in [0.1, 0.15) is 5.82 Å². The van der Waals surface area contributed by atoms with E-state index in [1.54, 1.807) is 30.3 Å². The van der Waals surface area contributed by atoms with Gasteiger partial charge in [-0.2, -0.15) is 9.90 Å². The fourth-order valence-electron chi connectivity index (χ4n) is 3.30. The van der Waals surface area contributed by atoms with Crippen molar-refractivity contribution in [2.45, 2.75) is 170 Å². The standard InChI is InChI=1S/C8H12N2.C8H11N.C7H12N2.C6H11N3.C5H10N4.2C2H6.5CH4/c1-8(2,3)7-9-5-4-6-10-7;1-7(2)8-4-3-5-9-6-8;1-6(2)7-4-5-9(3)8-7;1-5(2)6-4-9(3)8-7-6;1-4(2)5-6-8-9(3)7-5;2*1-2;;;;;/h4-6H,1-3H3;3-7H,1-2H3;4-6H,1-3H3;4-5H,1-3H3;4H,1-3H3;2*1-2H3;5*1H4. The Morgan fingerprint density at radius 1 is 0.564 bits per heavy atom. The predicted octanol–water partition coefficient (Wildman–Crippen LogP) is 12.0. The van der Waals surface area contributed by atoms with Crippen LogP contribution in [0.5, 0.6) is 0 Å². The Balaban J connectivity index is -0.000000100. The van der Waals surface area contributed by atoms with Gasteiger partial charge in [-0.3, -0.25) is 14.3 Å². The lowest BCUT2D eigenvalue weighted by molar-refractivity contribution is 0.545. The quantitative estimate of drug-likeness (QED) is 0.175. The SMILES string of the molecule is C.C.C.C.C.CC.CC.CC(C)(C)c1ncccn1.CC(C)c1cccnc1.CC(C)c1ccn(C)n1.CC(C)c1cn(C)nn1.CC(C)c1nnn(C)n1. The van der Waals surface area contributed by atoms with E-state index < -0.39 is 0 Å². The average Bonchev–Trinajstić information content (AvgIpc) is 3.86. The highest BCUT2D eigenvalue weighted by atomic mass is 15.6. The summed E-state index contributed by atoms with van der Waals surface area (Å²) < 4.78 is 3.55. The largest absolute Gasteiger partial charge is 0.276 e. The first-order chi connectivity index (χ1) is 23.5. The highest BCUT2D eigenvalue weighted by Crippen LogP contribution is 2.16. The molecule has 55 heavy (non-hydrogen) atoms. The molecule has 12 heteroatoms. The summed E-state index contributed by atoms with van der Waals surface area (Å²) in [7, 11) is 5.57. The second-order valence-corrected chi connectivity index (χ2v) is 13.1. The minimum absolute atomic E-state index is 0. The van der Waals surface area contributed by atoms with Crippen molar-refractivity contribution in [1.29, 1.82) is 0 Å². The van der Waals surface area contributed by atoms with Crippen LogP contribution in [0, 0.1) is 0 Å². The highest BCUT2D eigenvalue weighted by Gasteiger charge is 2.15. The topological polar surface area (TPSA) is 131 Å². The summed E-state index contributed by atoms with van der Waals surface area (Å²) in [6, 6.07) is 7.94. The van der Waals surface area contributed by atoms with Gasteiger partial charge in [-0.05, 0) is 46.7 Å². The first-order valence-corrected chi connectivity index (χ1v) is 17.8. The van der Waals surface area contributed by atoms with Crippen molar-refractivity contribution in [3.05, 3.63) is 90.0 Å². The molecule has 5 heterocycles. The molecule has 0 radical (unpaired) electrons. The van der Waals surface area contributed by atoms with Crippen LogP contribution < -0.4 is 0 Å². The number of hydrogen-bond acceptors (Lipinski definition) is 9. The maximum Gasteiger partial charge on any atom is 0.177 e. The van der Waals surface area contributed by atoms with Crippen molar-refractivity contribution < 1.29 is 0 Å². The van der Waals surface area contributed by atoms with E-state index in [1.165, 1.54) is 10.4 Å². The average molecular weight is 773 g/mol. The fourth-order valence-corrected chi connectivity index (χ4v) is 3.30. The molecule has 320 valence electrons. The summed E-state index contributed by atoms with van der Waals surface area (Å²) in [4.78, 5) is 13.8. The Bertz CT molecular complexity index is 1360. The molecular weight excluding hydrogens is 685 g/mol. The molecule has 5 aromatic rings. The molecular formula is C43H88N12. The second-order valence-electron chi connectivity index (χ2n) is 13.1. The smallest absolute Gasteiger partial charge is 0.177 e. The summed E-state index contributed by atoms with van der Waals surface area (Å²) in [5.74, 6) is 3.70. The Morgan fingerprint density at radius 3 is 1.31 bits per heavy atom. The number of tetrazole rings is 1. The number of rotatable bonds is 4. The molecule has 0 atom stereocenters. The predicted molar refractivity (Wildman–Crippen MR) is 241 cm³/mol. The summed E-state index contributed by atoms with van der Waals surface area (Å²) in [5.41, 5.74) is 3.59. The highest BCUT2D eigenvalue weighted by molar-refractivity contribution is 5.12. The normalized spacial score (nSPS) is 9.20. The van der Waals surface area contributed by atoms with Gasteiger partial charge in [0.2, 0.25) is 0 Å². The van der Waals surface area contributed by atoms with Gasteiger partial charge in [0.05, 0.1) is 18.4 Å². The minimum atomic E-state index is 0. The van der Waals surface area contributed by atoms with E-state index in [-0.39, 0.29) is 42.5 Å². The Hall–Kier alpha value is -4.35. The van der Waals surface area contributed by atoms with Crippen molar-refractivity contribution in [3.63, 3.8) is 0 Å². The Morgan fingerprint density at radius 2 is 1.09 bits per heavy atom. The van der Waals surface area contributed by atoms with E-state index in [4.69, 9.17) is 0 Å². The van der Waals surface area contributed by atoms with Gasteiger partial charge < -0.3 is 0 Å². The van der Waals surface area contributed by atoms with Gasteiger partial charge in [0.15, 0.2) is 5.82 Å². The number of nitrogens with zero attached hydrogens (tertiary/aromatic N) is 12. The lowest BCUT2D eigenvalue weighted by atomic mass is 9.96. The van der Waals surface area contributed by atoms with Crippen molar-refractivity contribution >= 4 is 0 Å². The van der Waals surface area contributed by atoms with Crippen LogP contribution in [0.3, 0.4) is 0 Å². The molecule has 0 bridgehead atoms. The zero-order valence-corrected chi connectivity index (χ0v) is 34.4. The number of hydrogen-bond donors (Lipinski definition) is 0. The van der Waals surface area contributed by atoms with Gasteiger partial charge in [0.25, 0.3) is 0 Å². The van der Waals surface area contributed by atoms with Crippen LogP contribution in [0.4, 0.5) is 0 Å². The Kier molecular flexibility index (Phi) is 43.6. The van der Waals surface area contributed by atoms with E-state index in [0.29, 0.717) is 23.7 Å². The van der Waals surface area contributed by atoms with Crippen molar-refractivity contribution in [3.8, 4) is 0 Å². The second kappa shape index (κ2) is 36.6. The van der Waals surface area contributed by atoms with Gasteiger partial charge in [0, 0.05) is 62.6 Å². The zero-order valence-electron chi connectivity index (χ0n) is 34.4. The molecule has 0 aliphatic heterocycles. The molecule has 5 rings (SSSR count). The number of aromatic nitrogens is 12. The molecule has 0 aromatic carbocycles. The molecule has 0 aliphatic carbocycles. The third kappa shape index (κ3) is 30.6. The van der Waals surface area contributed by atoms with Crippen molar-refractivity contribution in [2.24, 2.45) is 21.1 Å². The zero-order chi connectivity index (χ0) is 38.9. The summed E-state index contributed by atoms with van der Waals surface area (Å²) in [5, 5.41) is 23.5. The summed E-state index contributed by atoms with van der Waals surface area (Å²) in [6.07, 6.45) is 11.2. The molecule has 0 amide bonds. The number of aryl methyl sites for hydroxylation is 3. The minimum Gasteiger partial charge on any atom is -0.276 e. The van der Waals surface area contributed by atoms with Crippen molar-refractivity contribution in [2.75, 3.05) is 0 Å². The summed E-state index contributed by atoms with van der Waals surface area (Å²) >= 11 is 0. The number of pyridine rings is 1. The first kappa shape index (κ1) is 65.5. The van der Waals surface area contributed by atoms with E-state index in [1.807, 2.05) is 97.1 Å². The molecule has 0 unspecified atom stereocenters. The first-order valence-electron chi connectivity index (χ1n) is 17.8. The third-order valence-corrected chi connectivity index (χ3v) is 6.17.